The highest BCUT2D eigenvalue weighted by Gasteiger charge is 2.23. The summed E-state index contributed by atoms with van der Waals surface area (Å²) >= 11 is 1.82. The highest BCUT2D eigenvalue weighted by Crippen LogP contribution is 2.52. The summed E-state index contributed by atoms with van der Waals surface area (Å²) in [6.45, 7) is 0. The maximum absolute atomic E-state index is 6.39. The molecular weight excluding hydrogens is 534 g/mol. The first-order valence-corrected chi connectivity index (χ1v) is 14.7. The second kappa shape index (κ2) is 9.06. The molecule has 8 aromatic rings. The Morgan fingerprint density at radius 3 is 1.62 bits per heavy atom. The molecule has 42 heavy (non-hydrogen) atoms. The van der Waals surface area contributed by atoms with Crippen LogP contribution in [-0.4, -0.2) is 15.0 Å². The molecule has 0 saturated carbocycles. The largest absolute Gasteiger partial charge is 0.456 e. The molecule has 0 bridgehead atoms. The topological polar surface area (TPSA) is 47.9 Å². The van der Waals surface area contributed by atoms with Gasteiger partial charge in [0.15, 0.2) is 17.5 Å². The molecule has 0 radical (unpaired) electrons. The van der Waals surface area contributed by atoms with Crippen molar-refractivity contribution in [2.24, 2.45) is 0 Å². The summed E-state index contributed by atoms with van der Waals surface area (Å²) in [4.78, 5) is 14.6. The van der Waals surface area contributed by atoms with Gasteiger partial charge in [0, 0.05) is 42.2 Å². The monoisotopic (exact) mass is 555 g/mol. The van der Waals surface area contributed by atoms with Gasteiger partial charge in [-0.25, -0.2) is 15.0 Å². The minimum atomic E-state index is 0.650. The summed E-state index contributed by atoms with van der Waals surface area (Å²) in [6, 6.07) is 43.7. The molecule has 0 saturated heterocycles. The van der Waals surface area contributed by atoms with Gasteiger partial charge < -0.3 is 4.74 Å². The molecule has 5 heteroatoms. The number of nitrogens with zero attached hydrogens (tertiary/aromatic N) is 3. The van der Waals surface area contributed by atoms with Crippen LogP contribution in [0.1, 0.15) is 0 Å². The first-order chi connectivity index (χ1) is 20.8. The fraction of sp³-hybridized carbons (Fsp3) is 0. The van der Waals surface area contributed by atoms with Gasteiger partial charge in [-0.2, -0.15) is 0 Å². The zero-order valence-corrected chi connectivity index (χ0v) is 23.1. The number of hydrogen-bond donors (Lipinski definition) is 0. The second-order valence-corrected chi connectivity index (χ2v) is 11.5. The normalized spacial score (nSPS) is 12.0. The van der Waals surface area contributed by atoms with Gasteiger partial charge in [-0.1, -0.05) is 103 Å². The number of rotatable bonds is 4. The summed E-state index contributed by atoms with van der Waals surface area (Å²) in [5.41, 5.74) is 5.19. The molecule has 6 aromatic carbocycles. The Labute approximate surface area is 245 Å². The lowest BCUT2D eigenvalue weighted by Gasteiger charge is -2.18. The van der Waals surface area contributed by atoms with Gasteiger partial charge in [0.1, 0.15) is 11.5 Å². The standard InChI is InChI=1S/C37H21N3OS/c1-3-9-23(10-4-1)35-38-36(24-11-5-2-6-12-24)40-37(39-35)25-19-17-22(18-20-25)27-21-31-34-32-26(27)13-7-14-28(32)41-29-15-8-16-30(42-31)33(29)34/h1-21H. The van der Waals surface area contributed by atoms with E-state index in [1.165, 1.54) is 36.5 Å². The summed E-state index contributed by atoms with van der Waals surface area (Å²) in [6.07, 6.45) is 0. The first-order valence-electron chi connectivity index (χ1n) is 13.9. The van der Waals surface area contributed by atoms with Crippen LogP contribution in [0.15, 0.2) is 127 Å². The fourth-order valence-corrected chi connectivity index (χ4v) is 7.14. The van der Waals surface area contributed by atoms with Gasteiger partial charge in [-0.3, -0.25) is 0 Å². The minimum Gasteiger partial charge on any atom is -0.456 e. The summed E-state index contributed by atoms with van der Waals surface area (Å²) < 4.78 is 8.92. The fourth-order valence-electron chi connectivity index (χ4n) is 5.97. The lowest BCUT2D eigenvalue weighted by atomic mass is 9.93. The molecule has 196 valence electrons. The maximum Gasteiger partial charge on any atom is 0.164 e. The predicted octanol–water partition coefficient (Wildman–Crippen LogP) is 10.2. The molecule has 2 aromatic heterocycles. The molecule has 0 spiro atoms. The number of ether oxygens (including phenoxy) is 1. The van der Waals surface area contributed by atoms with Crippen molar-refractivity contribution in [3.63, 3.8) is 0 Å². The first kappa shape index (κ1) is 23.3. The zero-order chi connectivity index (χ0) is 27.6. The van der Waals surface area contributed by atoms with Crippen molar-refractivity contribution in [2.45, 2.75) is 0 Å². The average molecular weight is 556 g/mol. The molecule has 0 fully saturated rings. The third-order valence-corrected chi connectivity index (χ3v) is 9.02. The highest BCUT2D eigenvalue weighted by molar-refractivity contribution is 7.26. The van der Waals surface area contributed by atoms with E-state index in [0.29, 0.717) is 17.5 Å². The van der Waals surface area contributed by atoms with Crippen LogP contribution < -0.4 is 4.74 Å². The Hall–Kier alpha value is -5.39. The van der Waals surface area contributed by atoms with E-state index in [0.717, 1.165) is 33.8 Å². The summed E-state index contributed by atoms with van der Waals surface area (Å²) in [7, 11) is 0. The molecule has 1 aliphatic rings. The SMILES string of the molecule is c1ccc(-c2nc(-c3ccccc3)nc(-c3ccc(-c4cc5sc6cccc7c6c5c5c(cccc45)O7)cc3)n2)cc1. The van der Waals surface area contributed by atoms with E-state index in [9.17, 15) is 0 Å². The molecule has 0 aliphatic carbocycles. The molecule has 0 atom stereocenters. The van der Waals surface area contributed by atoms with Crippen LogP contribution in [0.25, 0.3) is 76.2 Å². The van der Waals surface area contributed by atoms with Crippen molar-refractivity contribution >= 4 is 42.3 Å². The van der Waals surface area contributed by atoms with Gasteiger partial charge in [0.2, 0.25) is 0 Å². The minimum absolute atomic E-state index is 0.650. The lowest BCUT2D eigenvalue weighted by Crippen LogP contribution is -2.00. The molecule has 1 aliphatic heterocycles. The Morgan fingerprint density at radius 1 is 0.429 bits per heavy atom. The molecule has 0 amide bonds. The van der Waals surface area contributed by atoms with Gasteiger partial charge in [0.25, 0.3) is 0 Å². The van der Waals surface area contributed by atoms with Gasteiger partial charge in [-0.05, 0) is 40.8 Å². The third kappa shape index (κ3) is 3.57. The van der Waals surface area contributed by atoms with Crippen LogP contribution in [-0.2, 0) is 0 Å². The van der Waals surface area contributed by atoms with Crippen LogP contribution in [0, 0.1) is 0 Å². The van der Waals surface area contributed by atoms with Gasteiger partial charge in [0.05, 0.1) is 0 Å². The smallest absolute Gasteiger partial charge is 0.164 e. The van der Waals surface area contributed by atoms with Crippen LogP contribution >= 0.6 is 11.3 Å². The Bertz CT molecular complexity index is 2250. The van der Waals surface area contributed by atoms with Crippen molar-refractivity contribution in [3.05, 3.63) is 127 Å². The molecule has 0 unspecified atom stereocenters. The van der Waals surface area contributed by atoms with E-state index in [1.807, 2.05) is 72.0 Å². The number of benzene rings is 6. The number of thiophene rings is 1. The quantitative estimate of drug-likeness (QED) is 0.217. The Balaban J connectivity index is 1.20. The summed E-state index contributed by atoms with van der Waals surface area (Å²) in [5, 5.41) is 4.91. The number of hydrogen-bond acceptors (Lipinski definition) is 5. The predicted molar refractivity (Wildman–Crippen MR) is 172 cm³/mol. The van der Waals surface area contributed by atoms with E-state index < -0.39 is 0 Å². The van der Waals surface area contributed by atoms with Crippen molar-refractivity contribution < 1.29 is 4.74 Å². The lowest BCUT2D eigenvalue weighted by molar-refractivity contribution is 0.493. The maximum atomic E-state index is 6.39. The van der Waals surface area contributed by atoms with E-state index in [2.05, 4.69) is 66.7 Å². The van der Waals surface area contributed by atoms with Crippen molar-refractivity contribution in [1.29, 1.82) is 0 Å². The van der Waals surface area contributed by atoms with Crippen LogP contribution in [0.2, 0.25) is 0 Å². The second-order valence-electron chi connectivity index (χ2n) is 10.4. The van der Waals surface area contributed by atoms with E-state index in [4.69, 9.17) is 19.7 Å². The molecule has 3 heterocycles. The van der Waals surface area contributed by atoms with E-state index in [1.54, 1.807) is 0 Å². The van der Waals surface area contributed by atoms with E-state index in [-0.39, 0.29) is 0 Å². The van der Waals surface area contributed by atoms with Crippen LogP contribution in [0.4, 0.5) is 0 Å². The molecule has 9 rings (SSSR count). The van der Waals surface area contributed by atoms with Crippen LogP contribution in [0.5, 0.6) is 11.5 Å². The average Bonchev–Trinajstić information content (AvgIpc) is 3.45. The molecule has 4 nitrogen and oxygen atoms in total. The van der Waals surface area contributed by atoms with Gasteiger partial charge >= 0.3 is 0 Å². The Morgan fingerprint density at radius 2 is 0.976 bits per heavy atom. The van der Waals surface area contributed by atoms with Crippen LogP contribution in [0.3, 0.4) is 0 Å². The number of aromatic nitrogens is 3. The van der Waals surface area contributed by atoms with E-state index >= 15 is 0 Å². The molecular formula is C37H21N3OS. The van der Waals surface area contributed by atoms with Crippen molar-refractivity contribution in [3.8, 4) is 56.8 Å². The Kier molecular flexibility index (Phi) is 5.03. The molecule has 0 N–H and O–H groups in total. The van der Waals surface area contributed by atoms with Gasteiger partial charge in [-0.15, -0.1) is 11.3 Å². The zero-order valence-electron chi connectivity index (χ0n) is 22.3. The summed E-state index contributed by atoms with van der Waals surface area (Å²) in [5.74, 6) is 3.83. The van der Waals surface area contributed by atoms with Crippen molar-refractivity contribution in [1.82, 2.24) is 15.0 Å². The highest BCUT2D eigenvalue weighted by atomic mass is 32.1. The van der Waals surface area contributed by atoms with Crippen molar-refractivity contribution in [2.75, 3.05) is 0 Å². The third-order valence-electron chi connectivity index (χ3n) is 7.92.